The number of nitrogens with zero attached hydrogens (tertiary/aromatic N) is 2. The molecule has 0 N–H and O–H groups in total. The maximum atomic E-state index is 12.4. The van der Waals surface area contributed by atoms with Crippen LogP contribution in [0.15, 0.2) is 41.2 Å². The van der Waals surface area contributed by atoms with E-state index in [1.807, 2.05) is 43.3 Å². The summed E-state index contributed by atoms with van der Waals surface area (Å²) in [7, 11) is 0. The number of benzene rings is 1. The highest BCUT2D eigenvalue weighted by Gasteiger charge is 2.28. The molecule has 106 valence electrons. The zero-order valence-corrected chi connectivity index (χ0v) is 11.9. The van der Waals surface area contributed by atoms with E-state index in [4.69, 9.17) is 10.00 Å². The third-order valence-electron chi connectivity index (χ3n) is 3.61. The molecular formula is C17H16N2O2. The van der Waals surface area contributed by atoms with E-state index in [2.05, 4.69) is 0 Å². The van der Waals surface area contributed by atoms with Crippen molar-refractivity contribution in [3.63, 3.8) is 0 Å². The summed E-state index contributed by atoms with van der Waals surface area (Å²) in [5.74, 6) is 0.763. The quantitative estimate of drug-likeness (QED) is 0.864. The summed E-state index contributed by atoms with van der Waals surface area (Å²) in [6, 6.07) is 13.3. The number of nitriles is 1. The molecule has 2 aromatic rings. The van der Waals surface area contributed by atoms with Gasteiger partial charge >= 0.3 is 0 Å². The molecule has 1 heterocycles. The van der Waals surface area contributed by atoms with Crippen LogP contribution in [0.1, 0.15) is 31.4 Å². The van der Waals surface area contributed by atoms with E-state index < -0.39 is 0 Å². The fourth-order valence-electron chi connectivity index (χ4n) is 2.51. The number of para-hydroxylation sites is 1. The van der Waals surface area contributed by atoms with Gasteiger partial charge in [-0.3, -0.25) is 4.79 Å². The zero-order chi connectivity index (χ0) is 14.8. The van der Waals surface area contributed by atoms with Crippen LogP contribution in [0.4, 0.5) is 0 Å². The lowest BCUT2D eigenvalue weighted by Gasteiger charge is -2.15. The summed E-state index contributed by atoms with van der Waals surface area (Å²) in [6.45, 7) is 2.50. The molecule has 3 rings (SSSR count). The molecule has 1 aromatic heterocycles. The normalized spacial score (nSPS) is 13.7. The summed E-state index contributed by atoms with van der Waals surface area (Å²) in [5.41, 5.74) is 1.71. The first-order valence-electron chi connectivity index (χ1n) is 7.14. The number of aromatic nitrogens is 1. The van der Waals surface area contributed by atoms with Crippen molar-refractivity contribution < 1.29 is 4.74 Å². The van der Waals surface area contributed by atoms with Crippen molar-refractivity contribution in [1.82, 2.24) is 4.57 Å². The van der Waals surface area contributed by atoms with E-state index in [1.165, 1.54) is 0 Å². The van der Waals surface area contributed by atoms with Crippen molar-refractivity contribution in [1.29, 1.82) is 5.26 Å². The second-order valence-electron chi connectivity index (χ2n) is 5.08. The van der Waals surface area contributed by atoms with Gasteiger partial charge in [0.25, 0.3) is 5.56 Å². The molecule has 1 fully saturated rings. The molecule has 0 radical (unpaired) electrons. The van der Waals surface area contributed by atoms with Gasteiger partial charge in [-0.25, -0.2) is 0 Å². The van der Waals surface area contributed by atoms with E-state index in [-0.39, 0.29) is 17.2 Å². The second-order valence-corrected chi connectivity index (χ2v) is 5.08. The van der Waals surface area contributed by atoms with Gasteiger partial charge in [0, 0.05) is 11.6 Å². The van der Waals surface area contributed by atoms with Crippen molar-refractivity contribution in [2.24, 2.45) is 0 Å². The largest absolute Gasteiger partial charge is 0.493 e. The first-order valence-corrected chi connectivity index (χ1v) is 7.14. The van der Waals surface area contributed by atoms with E-state index in [0.29, 0.717) is 6.61 Å². The van der Waals surface area contributed by atoms with Crippen molar-refractivity contribution in [3.8, 4) is 23.1 Å². The second kappa shape index (κ2) is 5.45. The summed E-state index contributed by atoms with van der Waals surface area (Å²) < 4.78 is 7.41. The Balaban J connectivity index is 2.22. The first kappa shape index (κ1) is 13.4. The van der Waals surface area contributed by atoms with E-state index in [1.54, 1.807) is 10.6 Å². The predicted octanol–water partition coefficient (Wildman–Crippen LogP) is 3.12. The van der Waals surface area contributed by atoms with Gasteiger partial charge < -0.3 is 9.30 Å². The summed E-state index contributed by atoms with van der Waals surface area (Å²) in [5, 5.41) is 9.06. The predicted molar refractivity (Wildman–Crippen MR) is 80.3 cm³/mol. The molecule has 0 amide bonds. The first-order chi connectivity index (χ1) is 10.3. The summed E-state index contributed by atoms with van der Waals surface area (Å²) in [6.07, 6.45) is 1.97. The van der Waals surface area contributed by atoms with Crippen LogP contribution in [-0.2, 0) is 0 Å². The van der Waals surface area contributed by atoms with Gasteiger partial charge in [-0.2, -0.15) is 5.26 Å². The van der Waals surface area contributed by atoms with Crippen LogP contribution in [-0.4, -0.2) is 11.2 Å². The van der Waals surface area contributed by atoms with Crippen LogP contribution < -0.4 is 10.3 Å². The van der Waals surface area contributed by atoms with Gasteiger partial charge in [0.15, 0.2) is 0 Å². The van der Waals surface area contributed by atoms with Crippen molar-refractivity contribution in [2.75, 3.05) is 6.61 Å². The van der Waals surface area contributed by atoms with Gasteiger partial charge in [-0.1, -0.05) is 12.1 Å². The molecule has 0 aliphatic heterocycles. The highest BCUT2D eigenvalue weighted by molar-refractivity contribution is 5.68. The summed E-state index contributed by atoms with van der Waals surface area (Å²) in [4.78, 5) is 12.4. The Morgan fingerprint density at radius 3 is 2.71 bits per heavy atom. The number of hydrogen-bond donors (Lipinski definition) is 0. The lowest BCUT2D eigenvalue weighted by molar-refractivity contribution is 0.341. The number of ether oxygens (including phenoxy) is 1. The van der Waals surface area contributed by atoms with Gasteiger partial charge in [-0.05, 0) is 44.0 Å². The Bertz CT molecular complexity index is 767. The SMILES string of the molecule is CCOc1ccccc1-c1ccc(C#N)c(=O)n1C1CC1. The highest BCUT2D eigenvalue weighted by Crippen LogP contribution is 2.39. The van der Waals surface area contributed by atoms with Crippen molar-refractivity contribution in [3.05, 3.63) is 52.3 Å². The average Bonchev–Trinajstić information content (AvgIpc) is 3.32. The van der Waals surface area contributed by atoms with Gasteiger partial charge in [0.1, 0.15) is 17.4 Å². The molecule has 21 heavy (non-hydrogen) atoms. The minimum atomic E-state index is -0.205. The third kappa shape index (κ3) is 2.43. The summed E-state index contributed by atoms with van der Waals surface area (Å²) >= 11 is 0. The molecule has 4 nitrogen and oxygen atoms in total. The van der Waals surface area contributed by atoms with Crippen LogP contribution in [0.3, 0.4) is 0 Å². The number of pyridine rings is 1. The van der Waals surface area contributed by atoms with Gasteiger partial charge in [-0.15, -0.1) is 0 Å². The van der Waals surface area contributed by atoms with Crippen molar-refractivity contribution >= 4 is 0 Å². The number of hydrogen-bond acceptors (Lipinski definition) is 3. The lowest BCUT2D eigenvalue weighted by Crippen LogP contribution is -2.23. The van der Waals surface area contributed by atoms with Crippen LogP contribution >= 0.6 is 0 Å². The molecule has 1 aliphatic rings. The maximum Gasteiger partial charge on any atom is 0.269 e. The van der Waals surface area contributed by atoms with E-state index >= 15 is 0 Å². The Hall–Kier alpha value is -2.54. The Morgan fingerprint density at radius 2 is 2.05 bits per heavy atom. The topological polar surface area (TPSA) is 55.0 Å². The minimum Gasteiger partial charge on any atom is -0.493 e. The van der Waals surface area contributed by atoms with Gasteiger partial charge in [0.05, 0.1) is 12.3 Å². The van der Waals surface area contributed by atoms with Gasteiger partial charge in [0.2, 0.25) is 0 Å². The van der Waals surface area contributed by atoms with Crippen molar-refractivity contribution in [2.45, 2.75) is 25.8 Å². The molecule has 1 aliphatic carbocycles. The standard InChI is InChI=1S/C17H16N2O2/c1-2-21-16-6-4-3-5-14(16)15-10-7-12(11-18)17(20)19(15)13-8-9-13/h3-7,10,13H,2,8-9H2,1H3. The third-order valence-corrected chi connectivity index (χ3v) is 3.61. The van der Waals surface area contributed by atoms with Crippen LogP contribution in [0.25, 0.3) is 11.3 Å². The Kier molecular flexibility index (Phi) is 3.49. The molecule has 0 atom stereocenters. The zero-order valence-electron chi connectivity index (χ0n) is 11.9. The Labute approximate surface area is 123 Å². The fourth-order valence-corrected chi connectivity index (χ4v) is 2.51. The van der Waals surface area contributed by atoms with Crippen LogP contribution in [0, 0.1) is 11.3 Å². The van der Waals surface area contributed by atoms with E-state index in [0.717, 1.165) is 29.8 Å². The monoisotopic (exact) mass is 280 g/mol. The lowest BCUT2D eigenvalue weighted by atomic mass is 10.1. The Morgan fingerprint density at radius 1 is 1.29 bits per heavy atom. The average molecular weight is 280 g/mol. The number of rotatable bonds is 4. The molecular weight excluding hydrogens is 264 g/mol. The molecule has 1 saturated carbocycles. The van der Waals surface area contributed by atoms with Crippen LogP contribution in [0.2, 0.25) is 0 Å². The molecule has 0 unspecified atom stereocenters. The minimum absolute atomic E-state index is 0.194. The smallest absolute Gasteiger partial charge is 0.269 e. The van der Waals surface area contributed by atoms with Crippen LogP contribution in [0.5, 0.6) is 5.75 Å². The highest BCUT2D eigenvalue weighted by atomic mass is 16.5. The molecule has 0 saturated heterocycles. The van der Waals surface area contributed by atoms with E-state index in [9.17, 15) is 4.79 Å². The maximum absolute atomic E-state index is 12.4. The molecule has 0 bridgehead atoms. The molecule has 4 heteroatoms. The molecule has 1 aromatic carbocycles. The fraction of sp³-hybridized carbons (Fsp3) is 0.294. The molecule has 0 spiro atoms.